The van der Waals surface area contributed by atoms with Gasteiger partial charge >= 0.3 is 0 Å². The van der Waals surface area contributed by atoms with Crippen molar-refractivity contribution in [3.05, 3.63) is 36.2 Å². The van der Waals surface area contributed by atoms with Crippen LogP contribution in [0.2, 0.25) is 0 Å². The fraction of sp³-hybridized carbons (Fsp3) is 0.353. The number of rotatable bonds is 5. The average Bonchev–Trinajstić information content (AvgIpc) is 3.36. The molecule has 2 aromatic heterocycles. The van der Waals surface area contributed by atoms with Gasteiger partial charge in [0.15, 0.2) is 0 Å². The van der Waals surface area contributed by atoms with Crippen molar-refractivity contribution in [2.24, 2.45) is 0 Å². The predicted molar refractivity (Wildman–Crippen MR) is 98.0 cm³/mol. The van der Waals surface area contributed by atoms with Gasteiger partial charge in [0, 0.05) is 17.8 Å². The maximum atomic E-state index is 12.4. The minimum atomic E-state index is -0.255. The highest BCUT2D eigenvalue weighted by Crippen LogP contribution is 2.18. The second-order valence-corrected chi connectivity index (χ2v) is 6.93. The van der Waals surface area contributed by atoms with Crippen LogP contribution < -0.4 is 10.6 Å². The average molecular weight is 370 g/mol. The first-order chi connectivity index (χ1) is 12.7. The Morgan fingerprint density at radius 1 is 1.19 bits per heavy atom. The number of nitrogens with one attached hydrogen (secondary N) is 2. The molecule has 2 N–H and O–H groups in total. The number of amides is 2. The van der Waals surface area contributed by atoms with Gasteiger partial charge in [-0.1, -0.05) is 12.8 Å². The van der Waals surface area contributed by atoms with Gasteiger partial charge in [-0.15, -0.1) is 0 Å². The van der Waals surface area contributed by atoms with E-state index in [0.29, 0.717) is 16.8 Å². The SMILES string of the molecule is O=C(Cn1cc(NC(=O)c2ccc3nsnc3c2)cn1)NC1CCCC1. The summed E-state index contributed by atoms with van der Waals surface area (Å²) in [6, 6.07) is 5.46. The monoisotopic (exact) mass is 370 g/mol. The van der Waals surface area contributed by atoms with Crippen LogP contribution in [0.3, 0.4) is 0 Å². The molecule has 1 fully saturated rings. The minimum absolute atomic E-state index is 0.0561. The molecule has 0 unspecified atom stereocenters. The molecule has 0 bridgehead atoms. The molecule has 1 aliphatic rings. The molecule has 1 aliphatic carbocycles. The Morgan fingerprint density at radius 3 is 2.85 bits per heavy atom. The summed E-state index contributed by atoms with van der Waals surface area (Å²) in [6.07, 6.45) is 7.62. The molecule has 0 atom stereocenters. The van der Waals surface area contributed by atoms with Crippen molar-refractivity contribution in [3.8, 4) is 0 Å². The fourth-order valence-corrected chi connectivity index (χ4v) is 3.65. The van der Waals surface area contributed by atoms with Crippen LogP contribution in [0.4, 0.5) is 5.69 Å². The van der Waals surface area contributed by atoms with Crippen LogP contribution in [0.1, 0.15) is 36.0 Å². The maximum Gasteiger partial charge on any atom is 0.255 e. The van der Waals surface area contributed by atoms with Crippen molar-refractivity contribution >= 4 is 40.3 Å². The molecule has 4 rings (SSSR count). The van der Waals surface area contributed by atoms with E-state index >= 15 is 0 Å². The van der Waals surface area contributed by atoms with Crippen LogP contribution in [0, 0.1) is 0 Å². The highest BCUT2D eigenvalue weighted by molar-refractivity contribution is 7.00. The molecular weight excluding hydrogens is 352 g/mol. The van der Waals surface area contributed by atoms with Gasteiger partial charge < -0.3 is 10.6 Å². The number of benzene rings is 1. The van der Waals surface area contributed by atoms with Crippen molar-refractivity contribution in [2.45, 2.75) is 38.3 Å². The molecule has 9 heteroatoms. The van der Waals surface area contributed by atoms with E-state index in [1.807, 2.05) is 0 Å². The Hall–Kier alpha value is -2.81. The van der Waals surface area contributed by atoms with E-state index in [1.165, 1.54) is 23.7 Å². The first kappa shape index (κ1) is 16.6. The molecule has 0 spiro atoms. The third-order valence-corrected chi connectivity index (χ3v) is 4.99. The van der Waals surface area contributed by atoms with Crippen molar-refractivity contribution < 1.29 is 9.59 Å². The second-order valence-electron chi connectivity index (χ2n) is 6.40. The summed E-state index contributed by atoms with van der Waals surface area (Å²) in [4.78, 5) is 24.4. The summed E-state index contributed by atoms with van der Waals surface area (Å²) in [5.74, 6) is -0.311. The molecule has 1 aromatic carbocycles. The van der Waals surface area contributed by atoms with Crippen molar-refractivity contribution in [2.75, 3.05) is 5.32 Å². The Labute approximate surface area is 153 Å². The lowest BCUT2D eigenvalue weighted by atomic mass is 10.2. The molecule has 0 saturated heterocycles. The quantitative estimate of drug-likeness (QED) is 0.717. The highest BCUT2D eigenvalue weighted by atomic mass is 32.1. The summed E-state index contributed by atoms with van der Waals surface area (Å²) in [7, 11) is 0. The fourth-order valence-electron chi connectivity index (χ4n) is 3.13. The summed E-state index contributed by atoms with van der Waals surface area (Å²) >= 11 is 1.11. The van der Waals surface area contributed by atoms with Crippen molar-refractivity contribution in [3.63, 3.8) is 0 Å². The number of hydrogen-bond donors (Lipinski definition) is 2. The van der Waals surface area contributed by atoms with E-state index in [-0.39, 0.29) is 24.4 Å². The van der Waals surface area contributed by atoms with Gasteiger partial charge in [-0.2, -0.15) is 13.8 Å². The number of fused-ring (bicyclic) bond motifs is 1. The van der Waals surface area contributed by atoms with Gasteiger partial charge in [0.05, 0.1) is 23.6 Å². The van der Waals surface area contributed by atoms with E-state index in [2.05, 4.69) is 24.5 Å². The largest absolute Gasteiger partial charge is 0.352 e. The predicted octanol–water partition coefficient (Wildman–Crippen LogP) is 2.20. The maximum absolute atomic E-state index is 12.4. The topological polar surface area (TPSA) is 102 Å². The number of anilines is 1. The molecule has 134 valence electrons. The van der Waals surface area contributed by atoms with E-state index in [1.54, 1.807) is 24.4 Å². The Morgan fingerprint density at radius 2 is 2.00 bits per heavy atom. The first-order valence-corrected chi connectivity index (χ1v) is 9.26. The molecule has 0 aliphatic heterocycles. The Kier molecular flexibility index (Phi) is 4.61. The standard InChI is InChI=1S/C17H18N6O2S/c24-16(19-12-3-1-2-4-12)10-23-9-13(8-18-23)20-17(25)11-5-6-14-15(7-11)22-26-21-14/h5-9,12H,1-4,10H2,(H,19,24)(H,20,25). The molecule has 2 amide bonds. The molecule has 2 heterocycles. The molecule has 26 heavy (non-hydrogen) atoms. The van der Waals surface area contributed by atoms with Gasteiger partial charge in [-0.25, -0.2) is 0 Å². The smallest absolute Gasteiger partial charge is 0.255 e. The zero-order chi connectivity index (χ0) is 17.9. The van der Waals surface area contributed by atoms with Crippen LogP contribution in [0.5, 0.6) is 0 Å². The third kappa shape index (κ3) is 3.72. The molecular formula is C17H18N6O2S. The van der Waals surface area contributed by atoms with Crippen LogP contribution in [-0.2, 0) is 11.3 Å². The zero-order valence-electron chi connectivity index (χ0n) is 14.0. The lowest BCUT2D eigenvalue weighted by Gasteiger charge is -2.11. The van der Waals surface area contributed by atoms with E-state index in [4.69, 9.17) is 0 Å². The van der Waals surface area contributed by atoms with E-state index in [0.717, 1.165) is 30.1 Å². The highest BCUT2D eigenvalue weighted by Gasteiger charge is 2.17. The normalized spacial score (nSPS) is 14.6. The van der Waals surface area contributed by atoms with Crippen molar-refractivity contribution in [1.29, 1.82) is 0 Å². The molecule has 3 aromatic rings. The molecule has 8 nitrogen and oxygen atoms in total. The van der Waals surface area contributed by atoms with Gasteiger partial charge in [0.1, 0.15) is 17.6 Å². The number of aromatic nitrogens is 4. The van der Waals surface area contributed by atoms with E-state index in [9.17, 15) is 9.59 Å². The molecule has 1 saturated carbocycles. The Bertz CT molecular complexity index is 944. The Balaban J connectivity index is 1.36. The number of hydrogen-bond acceptors (Lipinski definition) is 6. The van der Waals surface area contributed by atoms with Crippen LogP contribution in [0.15, 0.2) is 30.6 Å². The van der Waals surface area contributed by atoms with Gasteiger partial charge in [0.25, 0.3) is 5.91 Å². The third-order valence-electron chi connectivity index (χ3n) is 4.43. The summed E-state index contributed by atoms with van der Waals surface area (Å²) in [5, 5.41) is 9.94. The molecule has 0 radical (unpaired) electrons. The van der Waals surface area contributed by atoms with Crippen LogP contribution >= 0.6 is 11.7 Å². The summed E-state index contributed by atoms with van der Waals surface area (Å²) in [5.41, 5.74) is 2.51. The number of nitrogens with zero attached hydrogens (tertiary/aromatic N) is 4. The summed E-state index contributed by atoms with van der Waals surface area (Å²) < 4.78 is 9.78. The van der Waals surface area contributed by atoms with Crippen molar-refractivity contribution in [1.82, 2.24) is 23.8 Å². The zero-order valence-corrected chi connectivity index (χ0v) is 14.8. The van der Waals surface area contributed by atoms with Gasteiger partial charge in [-0.3, -0.25) is 14.3 Å². The lowest BCUT2D eigenvalue weighted by molar-refractivity contribution is -0.122. The summed E-state index contributed by atoms with van der Waals surface area (Å²) in [6.45, 7) is 0.142. The lowest BCUT2D eigenvalue weighted by Crippen LogP contribution is -2.35. The van der Waals surface area contributed by atoms with Gasteiger partial charge in [-0.05, 0) is 31.0 Å². The minimum Gasteiger partial charge on any atom is -0.352 e. The van der Waals surface area contributed by atoms with Crippen LogP contribution in [-0.4, -0.2) is 36.4 Å². The second kappa shape index (κ2) is 7.20. The first-order valence-electron chi connectivity index (χ1n) is 8.53. The number of carbonyl (C=O) groups is 2. The van der Waals surface area contributed by atoms with E-state index < -0.39 is 0 Å². The van der Waals surface area contributed by atoms with Gasteiger partial charge in [0.2, 0.25) is 5.91 Å². The van der Waals surface area contributed by atoms with Crippen LogP contribution in [0.25, 0.3) is 11.0 Å². The number of carbonyl (C=O) groups excluding carboxylic acids is 2.